The molecule has 2 aromatic heterocycles. The molecule has 6 aromatic carbocycles. The Bertz CT molecular complexity index is 2570. The van der Waals surface area contributed by atoms with Crippen molar-refractivity contribution < 1.29 is 9.59 Å². The molecule has 8 aromatic rings. The fourth-order valence-corrected chi connectivity index (χ4v) is 8.49. The van der Waals surface area contributed by atoms with Crippen LogP contribution in [0.25, 0.3) is 70.5 Å². The lowest BCUT2D eigenvalue weighted by Crippen LogP contribution is -2.40. The number of pyridine rings is 1. The maximum absolute atomic E-state index is 14.0. The van der Waals surface area contributed by atoms with Crippen LogP contribution in [-0.4, -0.2) is 32.6 Å². The van der Waals surface area contributed by atoms with Crippen molar-refractivity contribution in [3.8, 4) is 0 Å². The minimum atomic E-state index is -0.201. The van der Waals surface area contributed by atoms with Crippen molar-refractivity contribution in [3.05, 3.63) is 94.3 Å². The van der Waals surface area contributed by atoms with Crippen LogP contribution in [0.1, 0.15) is 91.8 Å². The van der Waals surface area contributed by atoms with Crippen molar-refractivity contribution in [1.29, 1.82) is 0 Å². The van der Waals surface area contributed by atoms with Gasteiger partial charge in [-0.15, -0.1) is 0 Å². The molecule has 0 atom stereocenters. The van der Waals surface area contributed by atoms with Gasteiger partial charge in [-0.3, -0.25) is 23.7 Å². The number of amides is 2. The molecule has 2 amide bonds. The largest absolute Gasteiger partial charge is 0.274 e. The highest BCUT2D eigenvalue weighted by Crippen LogP contribution is 2.46. The summed E-state index contributed by atoms with van der Waals surface area (Å²) in [6.07, 6.45) is 12.0. The van der Waals surface area contributed by atoms with E-state index in [4.69, 9.17) is 4.98 Å². The highest BCUT2D eigenvalue weighted by atomic mass is 16.2. The first-order chi connectivity index (χ1) is 23.6. The van der Waals surface area contributed by atoms with E-state index in [0.29, 0.717) is 28.7 Å². The van der Waals surface area contributed by atoms with E-state index in [-0.39, 0.29) is 17.4 Å². The quantitative estimate of drug-likeness (QED) is 0.0616. The van der Waals surface area contributed by atoms with Crippen LogP contribution in [0.15, 0.2) is 77.6 Å². The lowest BCUT2D eigenvalue weighted by atomic mass is 9.84. The molecule has 1 aliphatic heterocycles. The van der Waals surface area contributed by atoms with Gasteiger partial charge in [-0.05, 0) is 75.1 Å². The molecule has 0 unspecified atom stereocenters. The molecule has 9 rings (SSSR count). The normalized spacial score (nSPS) is 13.7. The van der Waals surface area contributed by atoms with Crippen LogP contribution in [0.3, 0.4) is 0 Å². The zero-order valence-corrected chi connectivity index (χ0v) is 27.3. The minimum absolute atomic E-state index is 0.0790. The second-order valence-corrected chi connectivity index (χ2v) is 13.7. The van der Waals surface area contributed by atoms with Crippen LogP contribution in [0.2, 0.25) is 0 Å². The summed E-state index contributed by atoms with van der Waals surface area (Å²) in [6.45, 7) is 2.70. The van der Waals surface area contributed by atoms with Crippen molar-refractivity contribution in [3.63, 3.8) is 0 Å². The second kappa shape index (κ2) is 11.3. The third kappa shape index (κ3) is 4.11. The third-order valence-corrected chi connectivity index (χ3v) is 10.8. The van der Waals surface area contributed by atoms with Crippen LogP contribution in [-0.2, 0) is 0 Å². The molecule has 3 heterocycles. The monoisotopic (exact) mass is 631 g/mol. The topological polar surface area (TPSA) is 71.8 Å². The summed E-state index contributed by atoms with van der Waals surface area (Å²) in [5.41, 5.74) is 3.36. The van der Waals surface area contributed by atoms with Gasteiger partial charge in [-0.2, -0.15) is 0 Å². The zero-order chi connectivity index (χ0) is 32.5. The van der Waals surface area contributed by atoms with Gasteiger partial charge in [0.1, 0.15) is 5.65 Å². The average Bonchev–Trinajstić information content (AvgIpc) is 3.51. The molecule has 0 fully saturated rings. The Morgan fingerprint density at radius 1 is 0.521 bits per heavy atom. The molecule has 0 saturated carbocycles. The molecule has 238 valence electrons. The number of benzene rings is 6. The standard InChI is InChI=1S/C42H37N3O3/c1-2-3-4-5-6-7-8-9-10-13-24-44-40(46)30-21-17-27-25-16-20-29-37-32(42(48)45-34-15-12-11-14-33(34)43-39(29)45)23-19-26(35(25)37)28-18-22-31(41(44)47)38(30)36(27)28/h11-12,14-23H,2-10,13,24H2,1H3. The van der Waals surface area contributed by atoms with Gasteiger partial charge in [0.05, 0.1) is 11.0 Å². The molecule has 0 saturated heterocycles. The number of carbonyl (C=O) groups is 2. The average molecular weight is 632 g/mol. The van der Waals surface area contributed by atoms with Gasteiger partial charge in [-0.25, -0.2) is 4.98 Å². The van der Waals surface area contributed by atoms with Crippen molar-refractivity contribution >= 4 is 82.4 Å². The van der Waals surface area contributed by atoms with Gasteiger partial charge in [0.2, 0.25) is 0 Å². The molecule has 6 nitrogen and oxygen atoms in total. The fourth-order valence-electron chi connectivity index (χ4n) is 8.49. The molecule has 6 heteroatoms. The van der Waals surface area contributed by atoms with E-state index < -0.39 is 0 Å². The number of hydrogen-bond donors (Lipinski definition) is 0. The highest BCUT2D eigenvalue weighted by molar-refractivity contribution is 6.41. The maximum atomic E-state index is 14.0. The zero-order valence-electron chi connectivity index (χ0n) is 27.3. The van der Waals surface area contributed by atoms with Gasteiger partial charge in [0.15, 0.2) is 0 Å². The Labute approximate surface area is 277 Å². The number of unbranched alkanes of at least 4 members (excludes halogenated alkanes) is 9. The summed E-state index contributed by atoms with van der Waals surface area (Å²) >= 11 is 0. The lowest BCUT2D eigenvalue weighted by Gasteiger charge is -2.28. The Balaban J connectivity index is 1.11. The van der Waals surface area contributed by atoms with Gasteiger partial charge < -0.3 is 0 Å². The number of fused-ring (bicyclic) bond motifs is 6. The summed E-state index contributed by atoms with van der Waals surface area (Å²) in [7, 11) is 0. The molecule has 0 spiro atoms. The molecular formula is C42H37N3O3. The Morgan fingerprint density at radius 2 is 1.02 bits per heavy atom. The van der Waals surface area contributed by atoms with Gasteiger partial charge in [-0.1, -0.05) is 101 Å². The first kappa shape index (κ1) is 29.1. The van der Waals surface area contributed by atoms with Crippen molar-refractivity contribution in [1.82, 2.24) is 14.3 Å². The van der Waals surface area contributed by atoms with Gasteiger partial charge in [0.25, 0.3) is 17.4 Å². The second-order valence-electron chi connectivity index (χ2n) is 13.7. The molecule has 0 radical (unpaired) electrons. The number of hydrogen-bond acceptors (Lipinski definition) is 4. The SMILES string of the molecule is CCCCCCCCCCCCN1C(=O)c2ccc3c4ccc5c(=O)n6c7ccccc7nc6c6ccc(c7ccc(c2c37)C1=O)c4c56. The van der Waals surface area contributed by atoms with Crippen LogP contribution in [0, 0.1) is 0 Å². The number of imide groups is 1. The number of para-hydroxylation sites is 2. The summed E-state index contributed by atoms with van der Waals surface area (Å²) < 4.78 is 1.73. The smallest absolute Gasteiger partial charge is 0.264 e. The fraction of sp³-hybridized carbons (Fsp3) is 0.286. The van der Waals surface area contributed by atoms with Crippen molar-refractivity contribution in [2.24, 2.45) is 0 Å². The Kier molecular flexibility index (Phi) is 6.82. The number of carbonyl (C=O) groups excluding carboxylic acids is 2. The van der Waals surface area contributed by atoms with Gasteiger partial charge >= 0.3 is 0 Å². The molecule has 1 aliphatic rings. The van der Waals surface area contributed by atoms with E-state index >= 15 is 0 Å². The lowest BCUT2D eigenvalue weighted by molar-refractivity contribution is 0.0608. The number of rotatable bonds is 11. The summed E-state index contributed by atoms with van der Waals surface area (Å²) in [6, 6.07) is 23.8. The first-order valence-corrected chi connectivity index (χ1v) is 17.7. The Hall–Kier alpha value is -5.10. The number of aromatic nitrogens is 2. The highest BCUT2D eigenvalue weighted by Gasteiger charge is 2.34. The van der Waals surface area contributed by atoms with Crippen LogP contribution in [0.4, 0.5) is 0 Å². The predicted molar refractivity (Wildman–Crippen MR) is 196 cm³/mol. The van der Waals surface area contributed by atoms with Crippen molar-refractivity contribution in [2.45, 2.75) is 71.1 Å². The van der Waals surface area contributed by atoms with E-state index in [1.54, 1.807) is 4.40 Å². The van der Waals surface area contributed by atoms with Crippen LogP contribution in [0.5, 0.6) is 0 Å². The van der Waals surface area contributed by atoms with E-state index in [0.717, 1.165) is 78.8 Å². The van der Waals surface area contributed by atoms with E-state index in [9.17, 15) is 14.4 Å². The van der Waals surface area contributed by atoms with Crippen LogP contribution >= 0.6 is 0 Å². The molecular weight excluding hydrogens is 594 g/mol. The van der Waals surface area contributed by atoms with Crippen molar-refractivity contribution in [2.75, 3.05) is 6.54 Å². The first-order valence-electron chi connectivity index (χ1n) is 17.7. The van der Waals surface area contributed by atoms with E-state index in [1.807, 2.05) is 60.7 Å². The maximum Gasteiger partial charge on any atom is 0.264 e. The predicted octanol–water partition coefficient (Wildman–Crippen LogP) is 10.0. The summed E-state index contributed by atoms with van der Waals surface area (Å²) in [5, 5.41) is 9.18. The van der Waals surface area contributed by atoms with Gasteiger partial charge in [0, 0.05) is 39.2 Å². The Morgan fingerprint density at radius 3 is 1.67 bits per heavy atom. The minimum Gasteiger partial charge on any atom is -0.274 e. The summed E-state index contributed by atoms with van der Waals surface area (Å²) in [5.74, 6) is -0.402. The van der Waals surface area contributed by atoms with E-state index in [2.05, 4.69) is 19.1 Å². The van der Waals surface area contributed by atoms with E-state index in [1.165, 1.54) is 49.8 Å². The summed E-state index contributed by atoms with van der Waals surface area (Å²) in [4.78, 5) is 48.1. The van der Waals surface area contributed by atoms with Crippen LogP contribution < -0.4 is 5.56 Å². The third-order valence-electron chi connectivity index (χ3n) is 10.8. The molecule has 0 aliphatic carbocycles. The number of nitrogens with zero attached hydrogens (tertiary/aromatic N) is 3. The number of imidazole rings is 1. The molecule has 48 heavy (non-hydrogen) atoms. The molecule has 0 bridgehead atoms. The molecule has 0 N–H and O–H groups in total.